The second kappa shape index (κ2) is 7.18. The van der Waals surface area contributed by atoms with Gasteiger partial charge in [0.05, 0.1) is 28.6 Å². The van der Waals surface area contributed by atoms with E-state index in [1.54, 1.807) is 0 Å². The number of nitrogens with one attached hydrogen (secondary N) is 1. The Balaban J connectivity index is 1.55. The van der Waals surface area contributed by atoms with Gasteiger partial charge < -0.3 is 10.1 Å². The van der Waals surface area contributed by atoms with Crippen molar-refractivity contribution in [3.05, 3.63) is 56.0 Å². The third kappa shape index (κ3) is 2.97. The molecule has 0 aliphatic heterocycles. The molecule has 1 aromatic carbocycles. The first-order valence-electron chi connectivity index (χ1n) is 9.37. The van der Waals surface area contributed by atoms with Crippen molar-refractivity contribution in [1.82, 2.24) is 9.78 Å². The molecule has 1 N–H and O–H groups in total. The van der Waals surface area contributed by atoms with Crippen LogP contribution in [0.25, 0.3) is 5.69 Å². The molecule has 2 aliphatic rings. The van der Waals surface area contributed by atoms with E-state index < -0.39 is 10.5 Å². The second-order valence-corrected chi connectivity index (χ2v) is 7.70. The molecule has 2 atom stereocenters. The predicted octanol–water partition coefficient (Wildman–Crippen LogP) is 3.55. The average molecular weight is 405 g/mol. The molecule has 28 heavy (non-hydrogen) atoms. The van der Waals surface area contributed by atoms with Gasteiger partial charge in [-0.3, -0.25) is 14.9 Å². The van der Waals surface area contributed by atoms with E-state index in [2.05, 4.69) is 10.4 Å². The van der Waals surface area contributed by atoms with Gasteiger partial charge in [0.2, 0.25) is 0 Å². The topological polar surface area (TPSA) is 99.3 Å². The molecule has 1 aromatic heterocycles. The highest BCUT2D eigenvalue weighted by Gasteiger charge is 2.59. The van der Waals surface area contributed by atoms with Crippen LogP contribution in [0.1, 0.15) is 32.6 Å². The fourth-order valence-corrected chi connectivity index (χ4v) is 4.44. The van der Waals surface area contributed by atoms with Crippen molar-refractivity contribution < 1.29 is 9.66 Å². The molecule has 1 heterocycles. The van der Waals surface area contributed by atoms with Crippen LogP contribution < -0.4 is 10.9 Å². The van der Waals surface area contributed by atoms with Gasteiger partial charge in [-0.25, -0.2) is 0 Å². The van der Waals surface area contributed by atoms with E-state index in [-0.39, 0.29) is 28.3 Å². The van der Waals surface area contributed by atoms with Gasteiger partial charge in [0, 0.05) is 30.2 Å². The summed E-state index contributed by atoms with van der Waals surface area (Å²) < 4.78 is 7.00. The third-order valence-electron chi connectivity index (χ3n) is 5.99. The summed E-state index contributed by atoms with van der Waals surface area (Å²) in [6, 6.07) is 5.81. The Bertz CT molecular complexity index is 955. The number of benzene rings is 1. The summed E-state index contributed by atoms with van der Waals surface area (Å²) in [6.45, 7) is 2.71. The van der Waals surface area contributed by atoms with Crippen molar-refractivity contribution in [3.63, 3.8) is 0 Å². The Hall–Kier alpha value is -2.45. The Morgan fingerprint density at radius 2 is 2.11 bits per heavy atom. The lowest BCUT2D eigenvalue weighted by Gasteiger charge is -2.61. The number of nitrogens with zero attached hydrogens (tertiary/aromatic N) is 3. The molecule has 148 valence electrons. The number of aromatic nitrogens is 2. The number of non-ortho nitro benzene ring substituents is 1. The van der Waals surface area contributed by atoms with Crippen LogP contribution >= 0.6 is 11.6 Å². The fourth-order valence-electron chi connectivity index (χ4n) is 4.26. The Kier molecular flexibility index (Phi) is 4.84. The summed E-state index contributed by atoms with van der Waals surface area (Å²) in [5, 5.41) is 18.4. The van der Waals surface area contributed by atoms with Gasteiger partial charge in [0.25, 0.3) is 11.2 Å². The molecule has 9 heteroatoms. The number of ether oxygens (including phenoxy) is 1. The smallest absolute Gasteiger partial charge is 0.292 e. The lowest BCUT2D eigenvalue weighted by molar-refractivity contribution is -0.384. The maximum Gasteiger partial charge on any atom is 0.292 e. The van der Waals surface area contributed by atoms with Crippen LogP contribution in [-0.2, 0) is 4.74 Å². The molecular weight excluding hydrogens is 384 g/mol. The molecule has 2 fully saturated rings. The molecule has 2 aliphatic carbocycles. The maximum absolute atomic E-state index is 12.7. The summed E-state index contributed by atoms with van der Waals surface area (Å²) in [4.78, 5) is 23.0. The Morgan fingerprint density at radius 1 is 1.39 bits per heavy atom. The molecule has 2 saturated carbocycles. The van der Waals surface area contributed by atoms with E-state index in [1.807, 2.05) is 6.92 Å². The predicted molar refractivity (Wildman–Crippen MR) is 105 cm³/mol. The van der Waals surface area contributed by atoms with Crippen LogP contribution in [0, 0.1) is 15.5 Å². The molecule has 0 radical (unpaired) electrons. The van der Waals surface area contributed by atoms with Crippen LogP contribution in [0.4, 0.5) is 11.4 Å². The number of anilines is 1. The van der Waals surface area contributed by atoms with Crippen molar-refractivity contribution in [1.29, 1.82) is 0 Å². The third-order valence-corrected chi connectivity index (χ3v) is 6.36. The Morgan fingerprint density at radius 3 is 2.68 bits per heavy atom. The van der Waals surface area contributed by atoms with Crippen LogP contribution in [0.3, 0.4) is 0 Å². The largest absolute Gasteiger partial charge is 0.379 e. The van der Waals surface area contributed by atoms with Gasteiger partial charge in [0.1, 0.15) is 5.02 Å². The first-order valence-corrected chi connectivity index (χ1v) is 9.75. The van der Waals surface area contributed by atoms with E-state index in [0.29, 0.717) is 18.0 Å². The first kappa shape index (κ1) is 18.9. The lowest BCUT2D eigenvalue weighted by Crippen LogP contribution is -2.64. The summed E-state index contributed by atoms with van der Waals surface area (Å²) in [5.41, 5.74) is 0.535. The minimum atomic E-state index is -0.496. The minimum absolute atomic E-state index is 0.0548. The summed E-state index contributed by atoms with van der Waals surface area (Å²) in [6.07, 6.45) is 6.09. The van der Waals surface area contributed by atoms with Gasteiger partial charge in [0.15, 0.2) is 0 Å². The second-order valence-electron chi connectivity index (χ2n) is 7.33. The summed E-state index contributed by atoms with van der Waals surface area (Å²) in [5.74, 6) is 0. The van der Waals surface area contributed by atoms with E-state index >= 15 is 0 Å². The van der Waals surface area contributed by atoms with Gasteiger partial charge in [-0.15, -0.1) is 0 Å². The highest BCUT2D eigenvalue weighted by Crippen LogP contribution is 2.58. The van der Waals surface area contributed by atoms with Crippen molar-refractivity contribution in [2.24, 2.45) is 5.41 Å². The summed E-state index contributed by atoms with van der Waals surface area (Å²) in [7, 11) is 0. The molecule has 2 unspecified atom stereocenters. The van der Waals surface area contributed by atoms with E-state index in [9.17, 15) is 14.9 Å². The number of hydrogen-bond acceptors (Lipinski definition) is 6. The van der Waals surface area contributed by atoms with E-state index in [1.165, 1.54) is 36.9 Å². The van der Waals surface area contributed by atoms with Crippen LogP contribution in [0.15, 0.2) is 35.3 Å². The number of nitro benzene ring substituents is 1. The van der Waals surface area contributed by atoms with Gasteiger partial charge >= 0.3 is 0 Å². The SMILES string of the molecule is CCOC1CC(Nc2cnn(-c3ccc([N+](=O)[O-])cc3)c(=O)c2Cl)C12CCC2. The van der Waals surface area contributed by atoms with E-state index in [4.69, 9.17) is 16.3 Å². The Labute approximate surface area is 166 Å². The minimum Gasteiger partial charge on any atom is -0.379 e. The molecule has 4 rings (SSSR count). The number of nitro groups is 1. The number of rotatable bonds is 6. The molecular formula is C19H21ClN4O4. The van der Waals surface area contributed by atoms with Crippen molar-refractivity contribution in [3.8, 4) is 5.69 Å². The van der Waals surface area contributed by atoms with Gasteiger partial charge in [-0.2, -0.15) is 9.78 Å². The lowest BCUT2D eigenvalue weighted by atomic mass is 9.51. The molecule has 0 amide bonds. The van der Waals surface area contributed by atoms with E-state index in [0.717, 1.165) is 23.9 Å². The maximum atomic E-state index is 12.7. The van der Waals surface area contributed by atoms with Crippen molar-refractivity contribution >= 4 is 23.0 Å². The van der Waals surface area contributed by atoms with Crippen molar-refractivity contribution in [2.45, 2.75) is 44.8 Å². The molecule has 0 saturated heterocycles. The quantitative estimate of drug-likeness (QED) is 0.583. The van der Waals surface area contributed by atoms with Crippen LogP contribution in [0.5, 0.6) is 0 Å². The molecule has 0 bridgehead atoms. The zero-order valence-electron chi connectivity index (χ0n) is 15.4. The highest BCUT2D eigenvalue weighted by atomic mass is 35.5. The molecule has 1 spiro atoms. The average Bonchev–Trinajstić information content (AvgIpc) is 2.63. The van der Waals surface area contributed by atoms with Crippen LogP contribution in [-0.4, -0.2) is 33.5 Å². The normalized spacial score (nSPS) is 22.4. The van der Waals surface area contributed by atoms with Gasteiger partial charge in [-0.05, 0) is 38.3 Å². The monoisotopic (exact) mass is 404 g/mol. The molecule has 8 nitrogen and oxygen atoms in total. The van der Waals surface area contributed by atoms with Crippen LogP contribution in [0.2, 0.25) is 5.02 Å². The standard InChI is InChI=1S/C19H21ClN4O4/c1-2-28-16-10-15(19(16)8-3-9-19)22-14-11-21-23(18(25)17(14)20)12-4-6-13(7-5-12)24(26)27/h4-7,11,15-16,22H,2-3,8-10H2,1H3. The fraction of sp³-hybridized carbons (Fsp3) is 0.474. The number of halogens is 1. The summed E-state index contributed by atoms with van der Waals surface area (Å²) >= 11 is 6.33. The van der Waals surface area contributed by atoms with Crippen molar-refractivity contribution in [2.75, 3.05) is 11.9 Å². The number of hydrogen-bond donors (Lipinski definition) is 1. The molecule has 2 aromatic rings. The first-order chi connectivity index (χ1) is 13.5. The highest BCUT2D eigenvalue weighted by molar-refractivity contribution is 6.33. The zero-order valence-corrected chi connectivity index (χ0v) is 16.2. The van der Waals surface area contributed by atoms with Gasteiger partial charge in [-0.1, -0.05) is 18.0 Å². The zero-order chi connectivity index (χ0) is 19.9.